The van der Waals surface area contributed by atoms with Crippen LogP contribution in [0.2, 0.25) is 0 Å². The molecule has 2 aromatic carbocycles. The molecule has 3 N–H and O–H groups in total. The zero-order valence-corrected chi connectivity index (χ0v) is 11.7. The zero-order chi connectivity index (χ0) is 14.0. The van der Waals surface area contributed by atoms with Gasteiger partial charge >= 0.3 is 0 Å². The summed E-state index contributed by atoms with van der Waals surface area (Å²) in [6, 6.07) is 12.2. The largest absolute Gasteiger partial charge is 0.326 e. The number of benzene rings is 2. The summed E-state index contributed by atoms with van der Waals surface area (Å²) in [6.45, 7) is 5.75. The monoisotopic (exact) mass is 256 g/mol. The first kappa shape index (κ1) is 13.6. The summed E-state index contributed by atoms with van der Waals surface area (Å²) in [5, 5.41) is 5.18. The fraction of sp³-hybridized carbons (Fsp3) is 0.312. The second-order valence-corrected chi connectivity index (χ2v) is 5.78. The number of nitrogens with two attached hydrogens (primary N) is 1. The van der Waals surface area contributed by atoms with Crippen molar-refractivity contribution >= 4 is 22.4 Å². The van der Waals surface area contributed by atoms with Crippen LogP contribution in [0.15, 0.2) is 36.4 Å². The van der Waals surface area contributed by atoms with Gasteiger partial charge in [0.25, 0.3) is 0 Å². The van der Waals surface area contributed by atoms with Gasteiger partial charge in [-0.25, -0.2) is 0 Å². The zero-order valence-electron chi connectivity index (χ0n) is 11.7. The van der Waals surface area contributed by atoms with Crippen LogP contribution in [0, 0.1) is 6.92 Å². The lowest BCUT2D eigenvalue weighted by molar-refractivity contribution is -0.117. The summed E-state index contributed by atoms with van der Waals surface area (Å²) >= 11 is 0. The molecule has 0 spiro atoms. The van der Waals surface area contributed by atoms with E-state index >= 15 is 0 Å². The highest BCUT2D eigenvalue weighted by atomic mass is 16.1. The number of carbonyl (C=O) groups is 1. The van der Waals surface area contributed by atoms with Crippen LogP contribution < -0.4 is 11.1 Å². The first-order valence-corrected chi connectivity index (χ1v) is 6.43. The van der Waals surface area contributed by atoms with Crippen LogP contribution in [-0.4, -0.2) is 11.4 Å². The summed E-state index contributed by atoms with van der Waals surface area (Å²) < 4.78 is 0. The van der Waals surface area contributed by atoms with E-state index in [1.54, 1.807) is 0 Å². The Labute approximate surface area is 113 Å². The topological polar surface area (TPSA) is 55.1 Å². The van der Waals surface area contributed by atoms with Gasteiger partial charge in [-0.15, -0.1) is 0 Å². The number of nitrogens with one attached hydrogen (secondary N) is 1. The summed E-state index contributed by atoms with van der Waals surface area (Å²) in [5.41, 5.74) is 7.39. The van der Waals surface area contributed by atoms with Crippen molar-refractivity contribution in [3.63, 3.8) is 0 Å². The van der Waals surface area contributed by atoms with Crippen LogP contribution in [0.5, 0.6) is 0 Å². The molecule has 0 fully saturated rings. The number of hydrogen-bond acceptors (Lipinski definition) is 2. The van der Waals surface area contributed by atoms with Crippen molar-refractivity contribution in [1.82, 2.24) is 0 Å². The molecule has 0 atom stereocenters. The number of rotatable bonds is 3. The number of amides is 1. The molecule has 1 amide bonds. The minimum absolute atomic E-state index is 0.0565. The molecule has 100 valence electrons. The van der Waals surface area contributed by atoms with Crippen LogP contribution in [0.1, 0.15) is 25.8 Å². The van der Waals surface area contributed by atoms with E-state index in [1.807, 2.05) is 32.0 Å². The van der Waals surface area contributed by atoms with Gasteiger partial charge in [0.2, 0.25) is 5.91 Å². The maximum atomic E-state index is 11.8. The molecule has 0 aromatic heterocycles. The number of carbonyl (C=O) groups excluding carboxylic acids is 1. The Balaban J connectivity index is 2.18. The van der Waals surface area contributed by atoms with E-state index < -0.39 is 5.54 Å². The first-order chi connectivity index (χ1) is 8.83. The van der Waals surface area contributed by atoms with Gasteiger partial charge in [-0.3, -0.25) is 4.79 Å². The molecule has 0 aliphatic rings. The molecule has 0 radical (unpaired) electrons. The molecule has 0 bridgehead atoms. The molecular weight excluding hydrogens is 236 g/mol. The van der Waals surface area contributed by atoms with E-state index in [2.05, 4.69) is 30.4 Å². The first-order valence-electron chi connectivity index (χ1n) is 6.43. The van der Waals surface area contributed by atoms with E-state index in [1.165, 1.54) is 10.9 Å². The quantitative estimate of drug-likeness (QED) is 0.886. The predicted octanol–water partition coefficient (Wildman–Crippen LogP) is 3.21. The van der Waals surface area contributed by atoms with E-state index in [-0.39, 0.29) is 5.91 Å². The Morgan fingerprint density at radius 3 is 2.47 bits per heavy atom. The Morgan fingerprint density at radius 1 is 1.16 bits per heavy atom. The average Bonchev–Trinajstić information content (AvgIpc) is 2.26. The molecule has 19 heavy (non-hydrogen) atoms. The van der Waals surface area contributed by atoms with Crippen LogP contribution in [0.25, 0.3) is 10.8 Å². The molecule has 3 nitrogen and oxygen atoms in total. The fourth-order valence-corrected chi connectivity index (χ4v) is 2.06. The van der Waals surface area contributed by atoms with Crippen molar-refractivity contribution in [1.29, 1.82) is 0 Å². The van der Waals surface area contributed by atoms with E-state index in [0.29, 0.717) is 6.42 Å². The SMILES string of the molecule is Cc1ccc2cc(NC(=O)CC(C)(C)N)ccc2c1. The summed E-state index contributed by atoms with van der Waals surface area (Å²) in [5.74, 6) is -0.0565. The van der Waals surface area contributed by atoms with Gasteiger partial charge in [0.15, 0.2) is 0 Å². The van der Waals surface area contributed by atoms with Gasteiger partial charge in [-0.05, 0) is 43.7 Å². The van der Waals surface area contributed by atoms with Gasteiger partial charge < -0.3 is 11.1 Å². The third kappa shape index (κ3) is 3.80. The highest BCUT2D eigenvalue weighted by molar-refractivity contribution is 5.95. The third-order valence-corrected chi connectivity index (χ3v) is 2.90. The smallest absolute Gasteiger partial charge is 0.226 e. The van der Waals surface area contributed by atoms with Gasteiger partial charge in [-0.1, -0.05) is 29.8 Å². The average molecular weight is 256 g/mol. The van der Waals surface area contributed by atoms with Crippen LogP contribution in [0.3, 0.4) is 0 Å². The van der Waals surface area contributed by atoms with Crippen LogP contribution in [-0.2, 0) is 4.79 Å². The lowest BCUT2D eigenvalue weighted by atomic mass is 10.0. The van der Waals surface area contributed by atoms with Crippen molar-refractivity contribution < 1.29 is 4.79 Å². The van der Waals surface area contributed by atoms with E-state index in [0.717, 1.165) is 11.1 Å². The Hall–Kier alpha value is -1.87. The second kappa shape index (κ2) is 5.02. The number of fused-ring (bicyclic) bond motifs is 1. The lowest BCUT2D eigenvalue weighted by Gasteiger charge is -2.17. The highest BCUT2D eigenvalue weighted by Crippen LogP contribution is 2.20. The predicted molar refractivity (Wildman–Crippen MR) is 80.2 cm³/mol. The molecule has 0 saturated carbocycles. The van der Waals surface area contributed by atoms with Crippen LogP contribution in [0.4, 0.5) is 5.69 Å². The highest BCUT2D eigenvalue weighted by Gasteiger charge is 2.16. The number of hydrogen-bond donors (Lipinski definition) is 2. The summed E-state index contributed by atoms with van der Waals surface area (Å²) in [7, 11) is 0. The van der Waals surface area contributed by atoms with Gasteiger partial charge in [0, 0.05) is 17.6 Å². The molecular formula is C16H20N2O. The maximum Gasteiger partial charge on any atom is 0.226 e. The Morgan fingerprint density at radius 2 is 1.79 bits per heavy atom. The van der Waals surface area contributed by atoms with Crippen LogP contribution >= 0.6 is 0 Å². The molecule has 0 aliphatic heterocycles. The molecule has 0 unspecified atom stereocenters. The number of aryl methyl sites for hydroxylation is 1. The van der Waals surface area contributed by atoms with Crippen molar-refractivity contribution in [3.8, 4) is 0 Å². The van der Waals surface area contributed by atoms with Gasteiger partial charge in [0.1, 0.15) is 0 Å². The third-order valence-electron chi connectivity index (χ3n) is 2.90. The van der Waals surface area contributed by atoms with E-state index in [9.17, 15) is 4.79 Å². The second-order valence-electron chi connectivity index (χ2n) is 5.78. The minimum Gasteiger partial charge on any atom is -0.326 e. The lowest BCUT2D eigenvalue weighted by Crippen LogP contribution is -2.36. The molecule has 3 heteroatoms. The Kier molecular flexibility index (Phi) is 3.58. The molecule has 0 aliphatic carbocycles. The number of anilines is 1. The summed E-state index contributed by atoms with van der Waals surface area (Å²) in [4.78, 5) is 11.8. The molecule has 0 saturated heterocycles. The Bertz CT molecular complexity index is 612. The molecule has 0 heterocycles. The normalized spacial score (nSPS) is 11.6. The molecule has 2 aromatic rings. The summed E-state index contributed by atoms with van der Waals surface area (Å²) in [6.07, 6.45) is 0.304. The maximum absolute atomic E-state index is 11.8. The minimum atomic E-state index is -0.488. The van der Waals surface area contributed by atoms with Crippen molar-refractivity contribution in [3.05, 3.63) is 42.0 Å². The molecule has 2 rings (SSSR count). The standard InChI is InChI=1S/C16H20N2O/c1-11-4-5-13-9-14(7-6-12(13)8-11)18-15(19)10-16(2,3)17/h4-9H,10,17H2,1-3H3,(H,18,19). The van der Waals surface area contributed by atoms with E-state index in [4.69, 9.17) is 5.73 Å². The van der Waals surface area contributed by atoms with Crippen molar-refractivity contribution in [2.45, 2.75) is 32.7 Å². The van der Waals surface area contributed by atoms with Gasteiger partial charge in [-0.2, -0.15) is 0 Å². The van der Waals surface area contributed by atoms with Crippen molar-refractivity contribution in [2.75, 3.05) is 5.32 Å². The van der Waals surface area contributed by atoms with Crippen molar-refractivity contribution in [2.24, 2.45) is 5.73 Å². The van der Waals surface area contributed by atoms with Gasteiger partial charge in [0.05, 0.1) is 0 Å². The fourth-order valence-electron chi connectivity index (χ4n) is 2.06.